The molecule has 1 saturated carbocycles. The van der Waals surface area contributed by atoms with Crippen molar-refractivity contribution in [3.8, 4) is 0 Å². The zero-order valence-electron chi connectivity index (χ0n) is 10.6. The van der Waals surface area contributed by atoms with Gasteiger partial charge in [0.05, 0.1) is 6.61 Å². The first-order chi connectivity index (χ1) is 8.70. The van der Waals surface area contributed by atoms with Gasteiger partial charge in [0, 0.05) is 12.6 Å². The Morgan fingerprint density at radius 3 is 2.89 bits per heavy atom. The van der Waals surface area contributed by atoms with E-state index in [0.717, 1.165) is 18.4 Å². The predicted molar refractivity (Wildman–Crippen MR) is 68.2 cm³/mol. The molecule has 1 N–H and O–H groups in total. The molecule has 1 aliphatic carbocycles. The zero-order chi connectivity index (χ0) is 13.0. The van der Waals surface area contributed by atoms with Gasteiger partial charge in [-0.05, 0) is 25.3 Å². The highest BCUT2D eigenvalue weighted by atomic mass is 16.6. The molecule has 4 heteroatoms. The number of rotatable bonds is 5. The first-order valence-electron chi connectivity index (χ1n) is 6.30. The normalized spacial score (nSPS) is 14.3. The van der Waals surface area contributed by atoms with Crippen LogP contribution in [0.1, 0.15) is 24.0 Å². The van der Waals surface area contributed by atoms with Crippen LogP contribution < -0.4 is 0 Å². The number of hydrogen-bond donors (Lipinski definition) is 1. The summed E-state index contributed by atoms with van der Waals surface area (Å²) in [7, 11) is 0. The first kappa shape index (κ1) is 12.9. The van der Waals surface area contributed by atoms with Crippen molar-refractivity contribution >= 4 is 6.09 Å². The zero-order valence-corrected chi connectivity index (χ0v) is 10.6. The smallest absolute Gasteiger partial charge is 0.410 e. The van der Waals surface area contributed by atoms with Crippen LogP contribution in [0.4, 0.5) is 4.79 Å². The van der Waals surface area contributed by atoms with Crippen LogP contribution in [0.2, 0.25) is 0 Å². The van der Waals surface area contributed by atoms with Crippen molar-refractivity contribution in [2.75, 3.05) is 13.2 Å². The van der Waals surface area contributed by atoms with E-state index in [4.69, 9.17) is 9.84 Å². The van der Waals surface area contributed by atoms with Crippen LogP contribution in [0.5, 0.6) is 0 Å². The fourth-order valence-electron chi connectivity index (χ4n) is 1.95. The third-order valence-corrected chi connectivity index (χ3v) is 2.97. The number of carbonyl (C=O) groups is 1. The molecule has 0 heterocycles. The van der Waals surface area contributed by atoms with Crippen molar-refractivity contribution in [3.63, 3.8) is 0 Å². The minimum Gasteiger partial charge on any atom is -0.447 e. The van der Waals surface area contributed by atoms with Gasteiger partial charge in [0.15, 0.2) is 0 Å². The number of aliphatic hydroxyl groups is 1. The fourth-order valence-corrected chi connectivity index (χ4v) is 1.95. The van der Waals surface area contributed by atoms with Gasteiger partial charge in [0.1, 0.15) is 6.61 Å². The van der Waals surface area contributed by atoms with Crippen LogP contribution in [0.25, 0.3) is 0 Å². The number of aryl methyl sites for hydroxylation is 1. The van der Waals surface area contributed by atoms with E-state index in [-0.39, 0.29) is 19.3 Å². The molecule has 1 amide bonds. The van der Waals surface area contributed by atoms with Gasteiger partial charge in [0.25, 0.3) is 0 Å². The summed E-state index contributed by atoms with van der Waals surface area (Å²) in [6, 6.07) is 8.43. The first-order valence-corrected chi connectivity index (χ1v) is 6.30. The molecule has 0 unspecified atom stereocenters. The maximum atomic E-state index is 11.9. The number of benzene rings is 1. The molecular weight excluding hydrogens is 230 g/mol. The van der Waals surface area contributed by atoms with Crippen LogP contribution in [0.15, 0.2) is 24.3 Å². The summed E-state index contributed by atoms with van der Waals surface area (Å²) >= 11 is 0. The Labute approximate surface area is 107 Å². The highest BCUT2D eigenvalue weighted by molar-refractivity contribution is 5.68. The van der Waals surface area contributed by atoms with Crippen molar-refractivity contribution < 1.29 is 14.6 Å². The fraction of sp³-hybridized carbons (Fsp3) is 0.500. The Balaban J connectivity index is 2.00. The molecule has 18 heavy (non-hydrogen) atoms. The van der Waals surface area contributed by atoms with Crippen LogP contribution in [0.3, 0.4) is 0 Å². The van der Waals surface area contributed by atoms with Gasteiger partial charge in [-0.2, -0.15) is 0 Å². The van der Waals surface area contributed by atoms with E-state index in [1.165, 1.54) is 5.56 Å². The molecule has 1 fully saturated rings. The topological polar surface area (TPSA) is 49.8 Å². The van der Waals surface area contributed by atoms with E-state index in [1.54, 1.807) is 4.90 Å². The molecule has 0 aromatic heterocycles. The predicted octanol–water partition coefficient (Wildman–Crippen LogP) is 2.09. The summed E-state index contributed by atoms with van der Waals surface area (Å²) in [6.07, 6.45) is 1.76. The van der Waals surface area contributed by atoms with Gasteiger partial charge < -0.3 is 14.7 Å². The van der Waals surface area contributed by atoms with Crippen molar-refractivity contribution in [1.29, 1.82) is 0 Å². The van der Waals surface area contributed by atoms with Crippen molar-refractivity contribution in [3.05, 3.63) is 35.4 Å². The van der Waals surface area contributed by atoms with Gasteiger partial charge in [-0.15, -0.1) is 0 Å². The summed E-state index contributed by atoms with van der Waals surface area (Å²) in [5.74, 6) is 0. The molecule has 0 radical (unpaired) electrons. The number of ether oxygens (including phenoxy) is 1. The Morgan fingerprint density at radius 1 is 1.50 bits per heavy atom. The molecule has 1 aliphatic rings. The second-order valence-corrected chi connectivity index (χ2v) is 4.69. The number of carbonyl (C=O) groups excluding carboxylic acids is 1. The molecule has 0 bridgehead atoms. The molecule has 0 aliphatic heterocycles. The van der Waals surface area contributed by atoms with Crippen LogP contribution in [-0.2, 0) is 11.3 Å². The largest absolute Gasteiger partial charge is 0.447 e. The average molecular weight is 249 g/mol. The standard InChI is InChI=1S/C14H19NO3/c1-11-3-2-4-12(9-11)10-15(13-5-6-13)14(17)18-8-7-16/h2-4,9,13,16H,5-8,10H2,1H3. The van der Waals surface area contributed by atoms with Gasteiger partial charge >= 0.3 is 6.09 Å². The Bertz CT molecular complexity index is 415. The number of hydrogen-bond acceptors (Lipinski definition) is 3. The highest BCUT2D eigenvalue weighted by Crippen LogP contribution is 2.29. The third kappa shape index (κ3) is 3.47. The van der Waals surface area contributed by atoms with E-state index in [9.17, 15) is 4.79 Å². The van der Waals surface area contributed by atoms with E-state index in [0.29, 0.717) is 12.6 Å². The lowest BCUT2D eigenvalue weighted by molar-refractivity contribution is 0.0797. The molecule has 4 nitrogen and oxygen atoms in total. The van der Waals surface area contributed by atoms with E-state index < -0.39 is 0 Å². The third-order valence-electron chi connectivity index (χ3n) is 2.97. The lowest BCUT2D eigenvalue weighted by atomic mass is 10.1. The van der Waals surface area contributed by atoms with Gasteiger partial charge in [0.2, 0.25) is 0 Å². The van der Waals surface area contributed by atoms with Crippen LogP contribution in [-0.4, -0.2) is 35.4 Å². The molecule has 2 rings (SSSR count). The number of aliphatic hydroxyl groups excluding tert-OH is 1. The molecule has 1 aromatic carbocycles. The highest BCUT2D eigenvalue weighted by Gasteiger charge is 2.33. The second kappa shape index (κ2) is 5.87. The van der Waals surface area contributed by atoms with E-state index >= 15 is 0 Å². The Morgan fingerprint density at radius 2 is 2.28 bits per heavy atom. The number of amides is 1. The Hall–Kier alpha value is -1.55. The lowest BCUT2D eigenvalue weighted by Crippen LogP contribution is -2.33. The molecule has 98 valence electrons. The minimum absolute atomic E-state index is 0.0653. The average Bonchev–Trinajstić information content (AvgIpc) is 3.17. The van der Waals surface area contributed by atoms with Crippen LogP contribution in [0, 0.1) is 6.92 Å². The molecule has 1 aromatic rings. The maximum Gasteiger partial charge on any atom is 0.410 e. The second-order valence-electron chi connectivity index (χ2n) is 4.69. The van der Waals surface area contributed by atoms with E-state index in [2.05, 4.69) is 6.07 Å². The summed E-state index contributed by atoms with van der Waals surface area (Å²) < 4.78 is 4.99. The van der Waals surface area contributed by atoms with Crippen molar-refractivity contribution in [1.82, 2.24) is 4.90 Å². The Kier molecular flexibility index (Phi) is 4.20. The quantitative estimate of drug-likeness (QED) is 0.869. The minimum atomic E-state index is -0.326. The van der Waals surface area contributed by atoms with Crippen LogP contribution >= 0.6 is 0 Å². The molecule has 0 spiro atoms. The number of nitrogens with zero attached hydrogens (tertiary/aromatic N) is 1. The summed E-state index contributed by atoms with van der Waals surface area (Å²) in [4.78, 5) is 13.6. The molecule has 0 saturated heterocycles. The lowest BCUT2D eigenvalue weighted by Gasteiger charge is -2.21. The maximum absolute atomic E-state index is 11.9. The van der Waals surface area contributed by atoms with Crippen molar-refractivity contribution in [2.45, 2.75) is 32.4 Å². The monoisotopic (exact) mass is 249 g/mol. The van der Waals surface area contributed by atoms with Gasteiger partial charge in [-0.1, -0.05) is 29.8 Å². The van der Waals surface area contributed by atoms with E-state index in [1.807, 2.05) is 25.1 Å². The molecule has 0 atom stereocenters. The van der Waals surface area contributed by atoms with Gasteiger partial charge in [-0.3, -0.25) is 0 Å². The van der Waals surface area contributed by atoms with Gasteiger partial charge in [-0.25, -0.2) is 4.79 Å². The summed E-state index contributed by atoms with van der Waals surface area (Å²) in [5, 5.41) is 8.68. The molecular formula is C14H19NO3. The van der Waals surface area contributed by atoms with Crippen molar-refractivity contribution in [2.24, 2.45) is 0 Å². The summed E-state index contributed by atoms with van der Waals surface area (Å²) in [6.45, 7) is 2.55. The SMILES string of the molecule is Cc1cccc(CN(C(=O)OCCO)C2CC2)c1. The summed E-state index contributed by atoms with van der Waals surface area (Å²) in [5.41, 5.74) is 2.30.